The maximum absolute atomic E-state index is 6.65. The summed E-state index contributed by atoms with van der Waals surface area (Å²) < 4.78 is 8.99. The van der Waals surface area contributed by atoms with Crippen LogP contribution in [0, 0.1) is 32.9 Å². The summed E-state index contributed by atoms with van der Waals surface area (Å²) in [5.41, 5.74) is 16.0. The standard InChI is InChI=1S/C39H36N3O.C14H16NSi.Ir/c1-22(2)31-20-28(27-11-9-8-10-12-27)21-32(23(3)4)37(31)42-36-26(7)40-18-17-33(36)41-39(42)30-16-14-25(6)35-29-15-13-24(5)19-34(29)43-38(30)35;1-16(2,3)13-9-10-14(15-11-13)12-7-5-4-6-8-12;/h8-15,17-23H,1-7H3;4-7,9-11H,1-3H3;/q2*-1;. The Bertz CT molecular complexity index is 2910. The maximum Gasteiger partial charge on any atom is 0.121 e. The minimum absolute atomic E-state index is 0. The molecule has 1 radical (unpaired) electrons. The number of furan rings is 1. The van der Waals surface area contributed by atoms with Crippen LogP contribution >= 0.6 is 0 Å². The van der Waals surface area contributed by atoms with E-state index in [9.17, 15) is 0 Å². The van der Waals surface area contributed by atoms with Crippen molar-refractivity contribution in [2.24, 2.45) is 0 Å². The summed E-state index contributed by atoms with van der Waals surface area (Å²) in [6, 6.07) is 45.0. The third kappa shape index (κ3) is 8.19. The van der Waals surface area contributed by atoms with Gasteiger partial charge < -0.3 is 14.0 Å². The van der Waals surface area contributed by atoms with E-state index in [0.717, 1.165) is 66.9 Å². The van der Waals surface area contributed by atoms with Crippen molar-refractivity contribution in [3.63, 3.8) is 0 Å². The molecule has 5 nitrogen and oxygen atoms in total. The predicted octanol–water partition coefficient (Wildman–Crippen LogP) is 13.7. The Morgan fingerprint density at radius 2 is 1.45 bits per heavy atom. The van der Waals surface area contributed by atoms with Gasteiger partial charge in [-0.1, -0.05) is 120 Å². The largest absolute Gasteiger partial charge is 0.501 e. The van der Waals surface area contributed by atoms with E-state index in [-0.39, 0.29) is 31.9 Å². The molecule has 0 saturated carbocycles. The third-order valence-corrected chi connectivity index (χ3v) is 13.3. The van der Waals surface area contributed by atoms with Gasteiger partial charge >= 0.3 is 0 Å². The molecule has 7 heteroatoms. The van der Waals surface area contributed by atoms with Crippen molar-refractivity contribution in [3.8, 4) is 39.5 Å². The van der Waals surface area contributed by atoms with E-state index in [1.165, 1.54) is 38.7 Å². The van der Waals surface area contributed by atoms with Gasteiger partial charge in [0, 0.05) is 43.6 Å². The molecule has 4 heterocycles. The van der Waals surface area contributed by atoms with Gasteiger partial charge in [-0.05, 0) is 88.6 Å². The van der Waals surface area contributed by atoms with Crippen molar-refractivity contribution in [2.75, 3.05) is 0 Å². The fraction of sp³-hybridized carbons (Fsp3) is 0.226. The summed E-state index contributed by atoms with van der Waals surface area (Å²) in [5.74, 6) is 1.37. The van der Waals surface area contributed by atoms with Gasteiger partial charge in [0.2, 0.25) is 0 Å². The van der Waals surface area contributed by atoms with E-state index in [2.05, 4.69) is 169 Å². The van der Waals surface area contributed by atoms with Crippen LogP contribution < -0.4 is 5.19 Å². The van der Waals surface area contributed by atoms with Gasteiger partial charge in [-0.2, -0.15) is 0 Å². The Morgan fingerprint density at radius 3 is 2.08 bits per heavy atom. The molecule has 0 aliphatic heterocycles. The van der Waals surface area contributed by atoms with Crippen LogP contribution in [-0.4, -0.2) is 27.6 Å². The number of benzene rings is 5. The molecule has 9 aromatic rings. The fourth-order valence-corrected chi connectivity index (χ4v) is 9.02. The number of hydrogen-bond donors (Lipinski definition) is 0. The molecule has 0 N–H and O–H groups in total. The van der Waals surface area contributed by atoms with Gasteiger partial charge in [-0.25, -0.2) is 0 Å². The van der Waals surface area contributed by atoms with Crippen LogP contribution in [0.25, 0.3) is 72.4 Å². The Morgan fingerprint density at radius 1 is 0.733 bits per heavy atom. The molecule has 305 valence electrons. The number of rotatable bonds is 7. The first-order chi connectivity index (χ1) is 28.3. The molecule has 0 amide bonds. The number of aromatic nitrogens is 4. The second kappa shape index (κ2) is 17.3. The second-order valence-electron chi connectivity index (χ2n) is 17.3. The van der Waals surface area contributed by atoms with Gasteiger partial charge in [0.15, 0.2) is 0 Å². The summed E-state index contributed by atoms with van der Waals surface area (Å²) in [6.07, 6.45) is 3.87. The summed E-state index contributed by atoms with van der Waals surface area (Å²) in [7, 11) is -1.23. The molecule has 0 saturated heterocycles. The predicted molar refractivity (Wildman–Crippen MR) is 250 cm³/mol. The van der Waals surface area contributed by atoms with E-state index in [1.54, 1.807) is 0 Å². The molecule has 60 heavy (non-hydrogen) atoms. The van der Waals surface area contributed by atoms with Gasteiger partial charge in [-0.15, -0.1) is 53.6 Å². The van der Waals surface area contributed by atoms with Crippen molar-refractivity contribution in [1.29, 1.82) is 0 Å². The molecule has 0 aliphatic carbocycles. The molecule has 4 aromatic heterocycles. The average molecular weight is 981 g/mol. The molecule has 0 spiro atoms. The molecular weight excluding hydrogens is 929 g/mol. The number of pyridine rings is 2. The zero-order valence-corrected chi connectivity index (χ0v) is 39.6. The molecule has 0 bridgehead atoms. The summed E-state index contributed by atoms with van der Waals surface area (Å²) in [5, 5.41) is 3.63. The van der Waals surface area contributed by atoms with Crippen molar-refractivity contribution in [3.05, 3.63) is 162 Å². The molecule has 0 fully saturated rings. The average Bonchev–Trinajstić information content (AvgIpc) is 3.81. The van der Waals surface area contributed by atoms with E-state index in [4.69, 9.17) is 14.4 Å². The first-order valence-corrected chi connectivity index (χ1v) is 24.2. The van der Waals surface area contributed by atoms with E-state index in [0.29, 0.717) is 0 Å². The van der Waals surface area contributed by atoms with Crippen molar-refractivity contribution in [1.82, 2.24) is 19.5 Å². The summed E-state index contributed by atoms with van der Waals surface area (Å²) in [4.78, 5) is 14.6. The van der Waals surface area contributed by atoms with Crippen LogP contribution in [0.2, 0.25) is 19.6 Å². The number of hydrogen-bond acceptors (Lipinski definition) is 4. The fourth-order valence-electron chi connectivity index (χ4n) is 7.99. The molecular formula is C53H52IrN4OSi-2. The SMILES string of the molecule is C[Si](C)(C)c1ccc(-c2[c-]cccc2)nc1.Cc1ccc2c(c1)oc1c(-c3nc4ccnc(C)c4n3-c3c(C(C)C)cc(-c4ccccc4)cc3C(C)C)[c-]cc(C)c12.[Ir]. The van der Waals surface area contributed by atoms with Crippen LogP contribution in [0.5, 0.6) is 0 Å². The Hall–Kier alpha value is -5.46. The molecule has 0 atom stereocenters. The first-order valence-electron chi connectivity index (χ1n) is 20.7. The Kier molecular flexibility index (Phi) is 12.3. The normalized spacial score (nSPS) is 11.7. The van der Waals surface area contributed by atoms with E-state index < -0.39 is 8.07 Å². The van der Waals surface area contributed by atoms with E-state index >= 15 is 0 Å². The van der Waals surface area contributed by atoms with Crippen LogP contribution in [0.3, 0.4) is 0 Å². The van der Waals surface area contributed by atoms with E-state index in [1.807, 2.05) is 42.7 Å². The smallest absolute Gasteiger partial charge is 0.121 e. The van der Waals surface area contributed by atoms with Crippen molar-refractivity contribution < 1.29 is 24.5 Å². The number of nitrogens with zero attached hydrogens (tertiary/aromatic N) is 4. The summed E-state index contributed by atoms with van der Waals surface area (Å²) in [6.45, 7) is 22.4. The van der Waals surface area contributed by atoms with Crippen LogP contribution in [0.4, 0.5) is 0 Å². The monoisotopic (exact) mass is 981 g/mol. The van der Waals surface area contributed by atoms with Crippen LogP contribution in [0.15, 0.2) is 126 Å². The molecule has 0 unspecified atom stereocenters. The third-order valence-electron chi connectivity index (χ3n) is 11.2. The van der Waals surface area contributed by atoms with Crippen LogP contribution in [0.1, 0.15) is 67.5 Å². The Balaban J connectivity index is 0.000000270. The molecule has 0 aliphatic rings. The van der Waals surface area contributed by atoms with Crippen molar-refractivity contribution >= 4 is 46.2 Å². The second-order valence-corrected chi connectivity index (χ2v) is 22.4. The molecule has 9 rings (SSSR count). The minimum Gasteiger partial charge on any atom is -0.501 e. The number of imidazole rings is 1. The maximum atomic E-state index is 6.65. The van der Waals surface area contributed by atoms with Crippen molar-refractivity contribution in [2.45, 2.75) is 79.9 Å². The summed E-state index contributed by atoms with van der Waals surface area (Å²) >= 11 is 0. The quantitative estimate of drug-likeness (QED) is 0.118. The Labute approximate surface area is 369 Å². The number of fused-ring (bicyclic) bond motifs is 4. The first kappa shape index (κ1) is 42.7. The zero-order valence-electron chi connectivity index (χ0n) is 36.2. The molecule has 5 aromatic carbocycles. The van der Waals surface area contributed by atoms with Gasteiger partial charge in [-0.3, -0.25) is 9.97 Å². The zero-order chi connectivity index (χ0) is 41.6. The van der Waals surface area contributed by atoms with Gasteiger partial charge in [0.1, 0.15) is 5.58 Å². The van der Waals surface area contributed by atoms with Crippen LogP contribution in [-0.2, 0) is 20.1 Å². The van der Waals surface area contributed by atoms with Gasteiger partial charge in [0.05, 0.1) is 36.2 Å². The minimum atomic E-state index is -1.23. The number of aryl methyl sites for hydroxylation is 3. The topological polar surface area (TPSA) is 56.7 Å². The van der Waals surface area contributed by atoms with Gasteiger partial charge in [0.25, 0.3) is 0 Å².